The molecule has 0 saturated heterocycles. The third kappa shape index (κ3) is 12.3. The summed E-state index contributed by atoms with van der Waals surface area (Å²) in [5, 5.41) is 21.5. The van der Waals surface area contributed by atoms with Gasteiger partial charge in [-0.2, -0.15) is 0 Å². The Morgan fingerprint density at radius 3 is 2.44 bits per heavy atom. The van der Waals surface area contributed by atoms with E-state index in [0.717, 1.165) is 32.2 Å². The van der Waals surface area contributed by atoms with Crippen LogP contribution in [0.3, 0.4) is 0 Å². The lowest BCUT2D eigenvalue weighted by atomic mass is 10.1. The molecular weight excluding hydrogens is 230 g/mol. The van der Waals surface area contributed by atoms with Crippen molar-refractivity contribution in [1.82, 2.24) is 5.32 Å². The molecule has 2 unspecified atom stereocenters. The minimum absolute atomic E-state index is 0.212. The summed E-state index contributed by atoms with van der Waals surface area (Å²) in [7, 11) is 0. The molecule has 0 aliphatic carbocycles. The molecule has 110 valence electrons. The second-order valence-electron chi connectivity index (χ2n) is 5.42. The number of rotatable bonds is 12. The van der Waals surface area contributed by atoms with Gasteiger partial charge in [-0.1, -0.05) is 13.8 Å². The predicted molar refractivity (Wildman–Crippen MR) is 74.7 cm³/mol. The Kier molecular flexibility index (Phi) is 11.8. The molecule has 0 radical (unpaired) electrons. The molecule has 0 amide bonds. The Morgan fingerprint density at radius 1 is 1.11 bits per heavy atom. The molecule has 2 atom stereocenters. The maximum atomic E-state index is 9.71. The molecule has 0 aromatic heterocycles. The zero-order valence-electron chi connectivity index (χ0n) is 12.2. The third-order valence-corrected chi connectivity index (χ3v) is 2.77. The van der Waals surface area contributed by atoms with Crippen LogP contribution in [0.4, 0.5) is 0 Å². The van der Waals surface area contributed by atoms with E-state index >= 15 is 0 Å². The molecule has 18 heavy (non-hydrogen) atoms. The van der Waals surface area contributed by atoms with Gasteiger partial charge < -0.3 is 20.3 Å². The lowest BCUT2D eigenvalue weighted by molar-refractivity contribution is -0.00844. The lowest BCUT2D eigenvalue weighted by Gasteiger charge is -2.18. The van der Waals surface area contributed by atoms with Crippen molar-refractivity contribution in [2.45, 2.75) is 58.7 Å². The Bertz CT molecular complexity index is 176. The van der Waals surface area contributed by atoms with Crippen LogP contribution < -0.4 is 5.32 Å². The van der Waals surface area contributed by atoms with Gasteiger partial charge in [0.1, 0.15) is 0 Å². The quantitative estimate of drug-likeness (QED) is 0.467. The van der Waals surface area contributed by atoms with E-state index in [1.165, 1.54) is 0 Å². The average Bonchev–Trinajstić information content (AvgIpc) is 2.30. The summed E-state index contributed by atoms with van der Waals surface area (Å²) < 4.78 is 5.59. The predicted octanol–water partition coefficient (Wildman–Crippen LogP) is 1.55. The van der Waals surface area contributed by atoms with Crippen LogP contribution in [0.5, 0.6) is 0 Å². The number of hydrogen-bond donors (Lipinski definition) is 3. The van der Waals surface area contributed by atoms with Crippen molar-refractivity contribution in [2.75, 3.05) is 26.3 Å². The van der Waals surface area contributed by atoms with E-state index in [1.54, 1.807) is 0 Å². The molecule has 0 heterocycles. The van der Waals surface area contributed by atoms with Gasteiger partial charge in [0.2, 0.25) is 0 Å². The molecule has 0 saturated carbocycles. The minimum Gasteiger partial charge on any atom is -0.396 e. The summed E-state index contributed by atoms with van der Waals surface area (Å²) >= 11 is 0. The van der Waals surface area contributed by atoms with Gasteiger partial charge in [0.15, 0.2) is 0 Å². The molecule has 0 spiro atoms. The molecule has 0 aromatic carbocycles. The van der Waals surface area contributed by atoms with Gasteiger partial charge in [-0.3, -0.25) is 0 Å². The first-order valence-electron chi connectivity index (χ1n) is 7.17. The van der Waals surface area contributed by atoms with Crippen LogP contribution in [0, 0.1) is 5.92 Å². The first-order valence-corrected chi connectivity index (χ1v) is 7.17. The highest BCUT2D eigenvalue weighted by Gasteiger charge is 2.09. The second kappa shape index (κ2) is 11.9. The summed E-state index contributed by atoms with van der Waals surface area (Å²) in [6.07, 6.45) is 3.74. The van der Waals surface area contributed by atoms with Crippen LogP contribution in [-0.2, 0) is 4.74 Å². The van der Waals surface area contributed by atoms with E-state index < -0.39 is 6.10 Å². The van der Waals surface area contributed by atoms with Gasteiger partial charge >= 0.3 is 0 Å². The third-order valence-electron chi connectivity index (χ3n) is 2.77. The molecule has 4 nitrogen and oxygen atoms in total. The van der Waals surface area contributed by atoms with E-state index in [-0.39, 0.29) is 12.7 Å². The van der Waals surface area contributed by atoms with Gasteiger partial charge in [-0.15, -0.1) is 0 Å². The molecule has 0 fully saturated rings. The van der Waals surface area contributed by atoms with E-state index in [4.69, 9.17) is 9.84 Å². The summed E-state index contributed by atoms with van der Waals surface area (Å²) in [6.45, 7) is 8.53. The summed E-state index contributed by atoms with van der Waals surface area (Å²) in [5.41, 5.74) is 0. The molecule has 0 bridgehead atoms. The number of aliphatic hydroxyl groups is 2. The van der Waals surface area contributed by atoms with Crippen molar-refractivity contribution in [1.29, 1.82) is 0 Å². The van der Waals surface area contributed by atoms with Gasteiger partial charge in [-0.25, -0.2) is 0 Å². The molecule has 4 heteroatoms. The van der Waals surface area contributed by atoms with E-state index in [1.807, 2.05) is 0 Å². The summed E-state index contributed by atoms with van der Waals surface area (Å²) in [6, 6.07) is 0. The highest BCUT2D eigenvalue weighted by atomic mass is 16.5. The van der Waals surface area contributed by atoms with E-state index in [9.17, 15) is 5.11 Å². The minimum atomic E-state index is -0.433. The topological polar surface area (TPSA) is 61.7 Å². The maximum absolute atomic E-state index is 9.71. The fourth-order valence-electron chi connectivity index (χ4n) is 1.87. The highest BCUT2D eigenvalue weighted by Crippen LogP contribution is 2.07. The summed E-state index contributed by atoms with van der Waals surface area (Å²) in [4.78, 5) is 0. The Morgan fingerprint density at radius 2 is 1.83 bits per heavy atom. The van der Waals surface area contributed by atoms with Gasteiger partial charge in [0, 0.05) is 13.2 Å². The Hall–Kier alpha value is -0.160. The Labute approximate surface area is 112 Å². The zero-order valence-corrected chi connectivity index (χ0v) is 12.2. The molecule has 0 aromatic rings. The highest BCUT2D eigenvalue weighted by molar-refractivity contribution is 4.61. The lowest BCUT2D eigenvalue weighted by Crippen LogP contribution is -2.32. The van der Waals surface area contributed by atoms with Gasteiger partial charge in [0.05, 0.1) is 18.8 Å². The average molecular weight is 261 g/mol. The normalized spacial score (nSPS) is 15.0. The van der Waals surface area contributed by atoms with Crippen LogP contribution in [0.25, 0.3) is 0 Å². The zero-order chi connectivity index (χ0) is 13.8. The fraction of sp³-hybridized carbons (Fsp3) is 1.00. The molecular formula is C14H31NO3. The smallest absolute Gasteiger partial charge is 0.0897 e. The Balaban J connectivity index is 3.34. The van der Waals surface area contributed by atoms with Crippen molar-refractivity contribution >= 4 is 0 Å². The first kappa shape index (κ1) is 17.8. The van der Waals surface area contributed by atoms with Crippen molar-refractivity contribution < 1.29 is 14.9 Å². The number of ether oxygens (including phenoxy) is 1. The van der Waals surface area contributed by atoms with Crippen LogP contribution in [0.2, 0.25) is 0 Å². The molecule has 0 aliphatic heterocycles. The number of aliphatic hydroxyl groups excluding tert-OH is 2. The molecule has 0 aliphatic rings. The molecule has 3 N–H and O–H groups in total. The second-order valence-corrected chi connectivity index (χ2v) is 5.42. The van der Waals surface area contributed by atoms with Gasteiger partial charge in [-0.05, 0) is 45.1 Å². The van der Waals surface area contributed by atoms with Crippen molar-refractivity contribution in [3.05, 3.63) is 0 Å². The van der Waals surface area contributed by atoms with Crippen LogP contribution in [0.1, 0.15) is 46.5 Å². The van der Waals surface area contributed by atoms with Gasteiger partial charge in [0.25, 0.3) is 0 Å². The van der Waals surface area contributed by atoms with E-state index in [2.05, 4.69) is 26.1 Å². The number of nitrogens with one attached hydrogen (secondary N) is 1. The SMILES string of the molecule is CC(C)CC(C)OCC(O)CNCCCCCO. The van der Waals surface area contributed by atoms with Crippen molar-refractivity contribution in [2.24, 2.45) is 5.92 Å². The summed E-state index contributed by atoms with van der Waals surface area (Å²) in [5.74, 6) is 0.627. The number of unbranched alkanes of at least 4 members (excludes halogenated alkanes) is 2. The first-order chi connectivity index (χ1) is 8.56. The number of hydrogen-bond acceptors (Lipinski definition) is 4. The maximum Gasteiger partial charge on any atom is 0.0897 e. The van der Waals surface area contributed by atoms with Crippen LogP contribution >= 0.6 is 0 Å². The van der Waals surface area contributed by atoms with Crippen LogP contribution in [0.15, 0.2) is 0 Å². The van der Waals surface area contributed by atoms with Crippen LogP contribution in [-0.4, -0.2) is 48.7 Å². The monoisotopic (exact) mass is 261 g/mol. The molecule has 0 rings (SSSR count). The van der Waals surface area contributed by atoms with Crippen molar-refractivity contribution in [3.8, 4) is 0 Å². The van der Waals surface area contributed by atoms with Crippen molar-refractivity contribution in [3.63, 3.8) is 0 Å². The standard InChI is InChI=1S/C14H31NO3/c1-12(2)9-13(3)18-11-14(17)10-15-7-5-4-6-8-16/h12-17H,4-11H2,1-3H3. The van der Waals surface area contributed by atoms with E-state index in [0.29, 0.717) is 19.1 Å². The fourth-order valence-corrected chi connectivity index (χ4v) is 1.87. The largest absolute Gasteiger partial charge is 0.396 e.